The molecule has 79 heavy (non-hydrogen) atoms. The Morgan fingerprint density at radius 3 is 0.772 bits per heavy atom. The molecule has 0 aromatic rings. The number of unbranched alkanes of at least 4 members (excludes halogenated alkanes) is 37. The average Bonchev–Trinajstić information content (AvgIpc) is 3.45. The molecule has 0 bridgehead atoms. The third-order valence-electron chi connectivity index (χ3n) is 14.9. The van der Waals surface area contributed by atoms with Crippen molar-refractivity contribution in [3.63, 3.8) is 0 Å². The summed E-state index contributed by atoms with van der Waals surface area (Å²) in [6, 6.07) is 0. The first-order valence-corrected chi connectivity index (χ1v) is 34.1. The molecule has 0 amide bonds. The highest BCUT2D eigenvalue weighted by atomic mass is 16.6. The van der Waals surface area contributed by atoms with Crippen LogP contribution in [0.25, 0.3) is 0 Å². The molecule has 0 radical (unpaired) electrons. The molecule has 1 unspecified atom stereocenters. The molecule has 0 fully saturated rings. The van der Waals surface area contributed by atoms with Crippen LogP contribution < -0.4 is 0 Å². The van der Waals surface area contributed by atoms with Crippen molar-refractivity contribution in [1.29, 1.82) is 0 Å². The molecule has 0 aliphatic carbocycles. The molecule has 0 spiro atoms. The van der Waals surface area contributed by atoms with Crippen LogP contribution in [-0.2, 0) is 28.6 Å². The molecule has 0 aliphatic rings. The third-order valence-corrected chi connectivity index (χ3v) is 14.9. The van der Waals surface area contributed by atoms with Gasteiger partial charge in [0.25, 0.3) is 0 Å². The van der Waals surface area contributed by atoms with Gasteiger partial charge in [-0.1, -0.05) is 311 Å². The molecule has 0 aromatic carbocycles. The minimum absolute atomic E-state index is 0.0764. The largest absolute Gasteiger partial charge is 0.462 e. The van der Waals surface area contributed by atoms with Crippen LogP contribution in [0.1, 0.15) is 342 Å². The summed E-state index contributed by atoms with van der Waals surface area (Å²) in [5, 5.41) is 0. The van der Waals surface area contributed by atoms with Gasteiger partial charge in [-0.15, -0.1) is 0 Å². The fraction of sp³-hybridized carbons (Fsp3) is 0.767. The topological polar surface area (TPSA) is 78.9 Å². The molecule has 456 valence electrons. The van der Waals surface area contributed by atoms with E-state index in [2.05, 4.69) is 106 Å². The molecule has 6 nitrogen and oxygen atoms in total. The summed E-state index contributed by atoms with van der Waals surface area (Å²) in [5.41, 5.74) is 0. The minimum Gasteiger partial charge on any atom is -0.462 e. The van der Waals surface area contributed by atoms with Gasteiger partial charge in [0.15, 0.2) is 6.10 Å². The van der Waals surface area contributed by atoms with E-state index < -0.39 is 6.10 Å². The first-order chi connectivity index (χ1) is 39.0. The van der Waals surface area contributed by atoms with E-state index in [1.54, 1.807) is 0 Å². The monoisotopic (exact) mass is 1100 g/mol. The zero-order valence-corrected chi connectivity index (χ0v) is 52.4. The van der Waals surface area contributed by atoms with E-state index in [0.29, 0.717) is 19.3 Å². The highest BCUT2D eigenvalue weighted by Crippen LogP contribution is 2.17. The predicted octanol–water partition coefficient (Wildman–Crippen LogP) is 23.4. The van der Waals surface area contributed by atoms with E-state index in [0.717, 1.165) is 103 Å². The summed E-state index contributed by atoms with van der Waals surface area (Å²) in [6.07, 6.45) is 88.9. The van der Waals surface area contributed by atoms with Crippen LogP contribution in [0.4, 0.5) is 0 Å². The lowest BCUT2D eigenvalue weighted by Gasteiger charge is -2.18. The number of allylic oxidation sites excluding steroid dienone is 14. The molecule has 0 saturated carbocycles. The Kier molecular flexibility index (Phi) is 64.2. The van der Waals surface area contributed by atoms with E-state index in [-0.39, 0.29) is 31.1 Å². The number of carbonyl (C=O) groups excluding carboxylic acids is 3. The van der Waals surface area contributed by atoms with Crippen molar-refractivity contribution >= 4 is 17.9 Å². The van der Waals surface area contributed by atoms with Crippen molar-refractivity contribution < 1.29 is 28.6 Å². The van der Waals surface area contributed by atoms with E-state index in [1.807, 2.05) is 0 Å². The molecule has 0 aromatic heterocycles. The van der Waals surface area contributed by atoms with Crippen molar-refractivity contribution in [2.24, 2.45) is 0 Å². The standard InChI is InChI=1S/C73H128O6/c1-4-7-10-13-16-19-22-24-26-28-30-32-33-34-35-36-37-38-39-41-42-44-46-48-51-54-57-60-63-66-72(75)78-69-70(68-77-71(74)65-62-59-56-53-50-21-18-15-12-9-6-3)79-73(76)67-64-61-58-55-52-49-47-45-43-40-31-29-27-25-23-20-17-14-11-8-5-2/h8,11,17,20,22,24-25,27-28,30-31,33-34,40,70H,4-7,9-10,12-16,18-19,21,23,26,29,32,35-39,41-69H2,1-3H3/b11-8-,20-17-,24-22-,27-25-,30-28-,34-33-,40-31-. The van der Waals surface area contributed by atoms with Gasteiger partial charge in [-0.2, -0.15) is 0 Å². The predicted molar refractivity (Wildman–Crippen MR) is 344 cm³/mol. The van der Waals surface area contributed by atoms with E-state index in [9.17, 15) is 14.4 Å². The first-order valence-electron chi connectivity index (χ1n) is 34.1. The molecule has 0 rings (SSSR count). The SMILES string of the molecule is CC/C=C\C/C=C\C/C=C\C/C=C\CCCCCCCCCCC(=O)OC(COC(=O)CCCCCCCCCCCCC)COC(=O)CCCCCCCCCCCCCCCC/C=C\C/C=C\C/C=C\CCCCCCC. The highest BCUT2D eigenvalue weighted by Gasteiger charge is 2.19. The van der Waals surface area contributed by atoms with Crippen molar-refractivity contribution in [1.82, 2.24) is 0 Å². The Morgan fingerprint density at radius 2 is 0.494 bits per heavy atom. The Hall–Kier alpha value is -3.41. The lowest BCUT2D eigenvalue weighted by molar-refractivity contribution is -0.167. The Bertz CT molecular complexity index is 1500. The molecular weight excluding hydrogens is 973 g/mol. The zero-order chi connectivity index (χ0) is 57.1. The molecule has 0 aliphatic heterocycles. The zero-order valence-electron chi connectivity index (χ0n) is 52.4. The second-order valence-corrected chi connectivity index (χ2v) is 22.7. The molecule has 0 saturated heterocycles. The van der Waals surface area contributed by atoms with Crippen molar-refractivity contribution in [3.8, 4) is 0 Å². The number of esters is 3. The van der Waals surface area contributed by atoms with Gasteiger partial charge in [0.05, 0.1) is 0 Å². The Balaban J connectivity index is 4.22. The summed E-state index contributed by atoms with van der Waals surface area (Å²) in [5.74, 6) is -0.870. The van der Waals surface area contributed by atoms with E-state index >= 15 is 0 Å². The van der Waals surface area contributed by atoms with Gasteiger partial charge in [0, 0.05) is 19.3 Å². The second-order valence-electron chi connectivity index (χ2n) is 22.7. The van der Waals surface area contributed by atoms with Gasteiger partial charge < -0.3 is 14.2 Å². The number of carbonyl (C=O) groups is 3. The van der Waals surface area contributed by atoms with Crippen LogP contribution in [0, 0.1) is 0 Å². The fourth-order valence-electron chi connectivity index (χ4n) is 9.80. The van der Waals surface area contributed by atoms with Gasteiger partial charge in [-0.3, -0.25) is 14.4 Å². The van der Waals surface area contributed by atoms with Crippen LogP contribution in [0.15, 0.2) is 85.1 Å². The minimum atomic E-state index is -0.780. The lowest BCUT2D eigenvalue weighted by Crippen LogP contribution is -2.30. The molecule has 1 atom stereocenters. The molecule has 0 heterocycles. The maximum absolute atomic E-state index is 12.9. The van der Waals surface area contributed by atoms with Gasteiger partial charge in [0.1, 0.15) is 13.2 Å². The third kappa shape index (κ3) is 65.3. The summed E-state index contributed by atoms with van der Waals surface area (Å²) < 4.78 is 16.9. The van der Waals surface area contributed by atoms with Gasteiger partial charge >= 0.3 is 17.9 Å². The number of rotatable bonds is 62. The van der Waals surface area contributed by atoms with Crippen molar-refractivity contribution in [2.45, 2.75) is 348 Å². The number of hydrogen-bond donors (Lipinski definition) is 0. The number of ether oxygens (including phenoxy) is 3. The number of hydrogen-bond acceptors (Lipinski definition) is 6. The van der Waals surface area contributed by atoms with Gasteiger partial charge in [-0.05, 0) is 96.3 Å². The summed E-state index contributed by atoms with van der Waals surface area (Å²) in [7, 11) is 0. The van der Waals surface area contributed by atoms with Crippen molar-refractivity contribution in [2.75, 3.05) is 13.2 Å². The molecular formula is C73H128O6. The summed E-state index contributed by atoms with van der Waals surface area (Å²) in [6.45, 7) is 6.54. The van der Waals surface area contributed by atoms with E-state index in [4.69, 9.17) is 14.2 Å². The summed E-state index contributed by atoms with van der Waals surface area (Å²) in [4.78, 5) is 38.3. The van der Waals surface area contributed by atoms with Crippen LogP contribution in [0.3, 0.4) is 0 Å². The highest BCUT2D eigenvalue weighted by molar-refractivity contribution is 5.71. The quantitative estimate of drug-likeness (QED) is 0.0261. The lowest BCUT2D eigenvalue weighted by atomic mass is 10.0. The normalized spacial score (nSPS) is 12.6. The van der Waals surface area contributed by atoms with Crippen LogP contribution in [0.2, 0.25) is 0 Å². The second kappa shape index (κ2) is 67.1. The van der Waals surface area contributed by atoms with E-state index in [1.165, 1.54) is 199 Å². The van der Waals surface area contributed by atoms with Crippen molar-refractivity contribution in [3.05, 3.63) is 85.1 Å². The average molecular weight is 1100 g/mol. The smallest absolute Gasteiger partial charge is 0.306 e. The van der Waals surface area contributed by atoms with Crippen LogP contribution in [0.5, 0.6) is 0 Å². The molecule has 6 heteroatoms. The Labute approximate surface area is 490 Å². The van der Waals surface area contributed by atoms with Gasteiger partial charge in [0.2, 0.25) is 0 Å². The maximum Gasteiger partial charge on any atom is 0.306 e. The Morgan fingerprint density at radius 1 is 0.266 bits per heavy atom. The van der Waals surface area contributed by atoms with Crippen LogP contribution >= 0.6 is 0 Å². The molecule has 0 N–H and O–H groups in total. The first kappa shape index (κ1) is 75.6. The van der Waals surface area contributed by atoms with Crippen LogP contribution in [-0.4, -0.2) is 37.2 Å². The fourth-order valence-corrected chi connectivity index (χ4v) is 9.80. The maximum atomic E-state index is 12.9. The van der Waals surface area contributed by atoms with Gasteiger partial charge in [-0.25, -0.2) is 0 Å². The summed E-state index contributed by atoms with van der Waals surface area (Å²) >= 11 is 0.